The molecule has 2 rings (SSSR count). The molecule has 100 valence electrons. The van der Waals surface area contributed by atoms with Crippen molar-refractivity contribution in [1.29, 1.82) is 0 Å². The first-order valence-corrected chi connectivity index (χ1v) is 6.31. The van der Waals surface area contributed by atoms with Gasteiger partial charge in [-0.2, -0.15) is 0 Å². The van der Waals surface area contributed by atoms with Crippen LogP contribution in [0.5, 0.6) is 0 Å². The Balaban J connectivity index is 1.91. The molecule has 1 aromatic carbocycles. The van der Waals surface area contributed by atoms with E-state index in [9.17, 15) is 9.18 Å². The zero-order chi connectivity index (χ0) is 13.8. The maximum Gasteiger partial charge on any atom is 0.322 e. The fourth-order valence-corrected chi connectivity index (χ4v) is 2.07. The molecule has 0 radical (unpaired) electrons. The van der Waals surface area contributed by atoms with Crippen molar-refractivity contribution in [3.05, 3.63) is 29.9 Å². The van der Waals surface area contributed by atoms with E-state index in [4.69, 9.17) is 10.2 Å². The number of carbonyl (C=O) groups excluding carboxylic acids is 1. The van der Waals surface area contributed by atoms with E-state index in [1.54, 1.807) is 6.92 Å². The molecule has 0 spiro atoms. The maximum atomic E-state index is 13.0. The molecule has 2 aromatic rings. The van der Waals surface area contributed by atoms with Crippen molar-refractivity contribution >= 4 is 29.4 Å². The molecule has 1 heterocycles. The number of nitrogens with zero attached hydrogens (tertiary/aromatic N) is 2. The van der Waals surface area contributed by atoms with E-state index in [1.165, 1.54) is 18.2 Å². The summed E-state index contributed by atoms with van der Waals surface area (Å²) in [4.78, 5) is 12.1. The average molecular weight is 282 g/mol. The number of halogens is 1. The Morgan fingerprint density at radius 3 is 3.00 bits per heavy atom. The lowest BCUT2D eigenvalue weighted by Crippen LogP contribution is -2.14. The topological polar surface area (TPSA) is 94.0 Å². The summed E-state index contributed by atoms with van der Waals surface area (Å²) in [6.45, 7) is 1.62. The minimum absolute atomic E-state index is 0.0373. The largest absolute Gasteiger partial charge is 0.408 e. The molecular weight excluding hydrogens is 271 g/mol. The number of nitrogens with two attached hydrogens (primary N) is 1. The molecule has 0 aliphatic carbocycles. The van der Waals surface area contributed by atoms with Crippen LogP contribution in [-0.2, 0) is 4.79 Å². The number of rotatable bonds is 4. The van der Waals surface area contributed by atoms with Crippen LogP contribution < -0.4 is 11.1 Å². The number of benzene rings is 1. The van der Waals surface area contributed by atoms with E-state index in [0.717, 1.165) is 11.8 Å². The first-order valence-electron chi connectivity index (χ1n) is 5.32. The minimum Gasteiger partial charge on any atom is -0.408 e. The van der Waals surface area contributed by atoms with Crippen LogP contribution in [0.3, 0.4) is 0 Å². The van der Waals surface area contributed by atoms with Gasteiger partial charge in [-0.25, -0.2) is 4.39 Å². The third-order valence-corrected chi connectivity index (χ3v) is 3.18. The summed E-state index contributed by atoms with van der Waals surface area (Å²) < 4.78 is 18.0. The SMILES string of the molecule is Cc1nnc(NC(=O)CSc2cc(F)ccc2N)o1. The van der Waals surface area contributed by atoms with Gasteiger partial charge in [0, 0.05) is 17.5 Å². The fraction of sp³-hybridized carbons (Fsp3) is 0.182. The van der Waals surface area contributed by atoms with Crippen molar-refractivity contribution in [2.45, 2.75) is 11.8 Å². The third kappa shape index (κ3) is 3.68. The number of aromatic nitrogens is 2. The molecule has 6 nitrogen and oxygen atoms in total. The van der Waals surface area contributed by atoms with Crippen LogP contribution in [0.25, 0.3) is 0 Å². The highest BCUT2D eigenvalue weighted by atomic mass is 32.2. The summed E-state index contributed by atoms with van der Waals surface area (Å²) in [6, 6.07) is 4.04. The van der Waals surface area contributed by atoms with E-state index >= 15 is 0 Å². The normalized spacial score (nSPS) is 10.4. The van der Waals surface area contributed by atoms with Gasteiger partial charge in [0.25, 0.3) is 0 Å². The van der Waals surface area contributed by atoms with E-state index in [0.29, 0.717) is 16.5 Å². The van der Waals surface area contributed by atoms with Gasteiger partial charge in [0.15, 0.2) is 0 Å². The first kappa shape index (κ1) is 13.3. The Bertz CT molecular complexity index is 602. The molecular formula is C11H11FN4O2S. The zero-order valence-corrected chi connectivity index (χ0v) is 10.8. The molecule has 0 atom stereocenters. The molecule has 0 saturated carbocycles. The number of anilines is 2. The number of hydrogen-bond acceptors (Lipinski definition) is 6. The Labute approximate surface area is 112 Å². The molecule has 0 saturated heterocycles. The monoisotopic (exact) mass is 282 g/mol. The highest BCUT2D eigenvalue weighted by Gasteiger charge is 2.10. The highest BCUT2D eigenvalue weighted by Crippen LogP contribution is 2.25. The van der Waals surface area contributed by atoms with E-state index in [1.807, 2.05) is 0 Å². The maximum absolute atomic E-state index is 13.0. The predicted molar refractivity (Wildman–Crippen MR) is 69.2 cm³/mol. The van der Waals surface area contributed by atoms with Crippen LogP contribution >= 0.6 is 11.8 Å². The van der Waals surface area contributed by atoms with Gasteiger partial charge in [-0.3, -0.25) is 10.1 Å². The van der Waals surface area contributed by atoms with E-state index in [-0.39, 0.29) is 17.7 Å². The minimum atomic E-state index is -0.398. The first-order chi connectivity index (χ1) is 9.04. The molecule has 0 aliphatic heterocycles. The molecule has 0 fully saturated rings. The quantitative estimate of drug-likeness (QED) is 0.656. The number of nitrogens with one attached hydrogen (secondary N) is 1. The molecule has 0 unspecified atom stereocenters. The number of aryl methyl sites for hydroxylation is 1. The van der Waals surface area contributed by atoms with Crippen LogP contribution in [0.1, 0.15) is 5.89 Å². The summed E-state index contributed by atoms with van der Waals surface area (Å²) >= 11 is 1.13. The Morgan fingerprint density at radius 2 is 2.32 bits per heavy atom. The second kappa shape index (κ2) is 5.70. The van der Waals surface area contributed by atoms with E-state index in [2.05, 4.69) is 15.5 Å². The van der Waals surface area contributed by atoms with Crippen molar-refractivity contribution in [2.75, 3.05) is 16.8 Å². The lowest BCUT2D eigenvalue weighted by Gasteiger charge is -2.04. The van der Waals surface area contributed by atoms with Crippen molar-refractivity contribution in [1.82, 2.24) is 10.2 Å². The molecule has 1 amide bonds. The Hall–Kier alpha value is -2.09. The van der Waals surface area contributed by atoms with Crippen LogP contribution in [0.4, 0.5) is 16.1 Å². The van der Waals surface area contributed by atoms with Gasteiger partial charge < -0.3 is 10.2 Å². The van der Waals surface area contributed by atoms with Gasteiger partial charge in [0.1, 0.15) is 5.82 Å². The molecule has 0 bridgehead atoms. The number of amides is 1. The predicted octanol–water partition coefficient (Wildman–Crippen LogP) is 1.83. The van der Waals surface area contributed by atoms with Gasteiger partial charge in [-0.05, 0) is 18.2 Å². The smallest absolute Gasteiger partial charge is 0.322 e. The van der Waals surface area contributed by atoms with Crippen molar-refractivity contribution < 1.29 is 13.6 Å². The second-order valence-electron chi connectivity index (χ2n) is 3.65. The summed E-state index contributed by atoms with van der Waals surface area (Å²) in [5, 5.41) is 9.64. The second-order valence-corrected chi connectivity index (χ2v) is 4.66. The summed E-state index contributed by atoms with van der Waals surface area (Å²) in [5.41, 5.74) is 6.10. The zero-order valence-electron chi connectivity index (χ0n) is 10.0. The third-order valence-electron chi connectivity index (χ3n) is 2.11. The van der Waals surface area contributed by atoms with Crippen LogP contribution in [0.15, 0.2) is 27.5 Å². The average Bonchev–Trinajstić information content (AvgIpc) is 2.76. The summed E-state index contributed by atoms with van der Waals surface area (Å²) in [7, 11) is 0. The van der Waals surface area contributed by atoms with Gasteiger partial charge in [-0.1, -0.05) is 5.10 Å². The standard InChI is InChI=1S/C11H11FN4O2S/c1-6-15-16-11(18-6)14-10(17)5-19-9-4-7(12)2-3-8(9)13/h2-4H,5,13H2,1H3,(H,14,16,17). The molecule has 3 N–H and O–H groups in total. The Morgan fingerprint density at radius 1 is 1.53 bits per heavy atom. The van der Waals surface area contributed by atoms with Gasteiger partial charge in [-0.15, -0.1) is 16.9 Å². The van der Waals surface area contributed by atoms with Crippen molar-refractivity contribution in [3.63, 3.8) is 0 Å². The van der Waals surface area contributed by atoms with Crippen molar-refractivity contribution in [2.24, 2.45) is 0 Å². The lowest BCUT2D eigenvalue weighted by atomic mass is 10.3. The van der Waals surface area contributed by atoms with Crippen molar-refractivity contribution in [3.8, 4) is 0 Å². The Kier molecular flexibility index (Phi) is 4.00. The van der Waals surface area contributed by atoms with Crippen LogP contribution in [0.2, 0.25) is 0 Å². The summed E-state index contributed by atoms with van der Waals surface area (Å²) in [6.07, 6.45) is 0. The summed E-state index contributed by atoms with van der Waals surface area (Å²) in [5.74, 6) is -0.311. The molecule has 8 heteroatoms. The highest BCUT2D eigenvalue weighted by molar-refractivity contribution is 8.00. The van der Waals surface area contributed by atoms with Gasteiger partial charge in [0.2, 0.25) is 11.8 Å². The van der Waals surface area contributed by atoms with Crippen LogP contribution in [-0.4, -0.2) is 21.9 Å². The van der Waals surface area contributed by atoms with Gasteiger partial charge in [0.05, 0.1) is 5.75 Å². The number of thioether (sulfide) groups is 1. The number of nitrogen functional groups attached to an aromatic ring is 1. The fourth-order valence-electron chi connectivity index (χ4n) is 1.28. The van der Waals surface area contributed by atoms with Gasteiger partial charge >= 0.3 is 6.01 Å². The number of hydrogen-bond donors (Lipinski definition) is 2. The van der Waals surface area contributed by atoms with Crippen LogP contribution in [0, 0.1) is 12.7 Å². The number of carbonyl (C=O) groups is 1. The molecule has 0 aliphatic rings. The molecule has 1 aromatic heterocycles. The van der Waals surface area contributed by atoms with E-state index < -0.39 is 5.82 Å². The lowest BCUT2D eigenvalue weighted by molar-refractivity contribution is -0.113. The molecule has 19 heavy (non-hydrogen) atoms.